The maximum Gasteiger partial charge on any atom is 0.414 e. The Morgan fingerprint density at radius 2 is 2.14 bits per heavy atom. The highest BCUT2D eigenvalue weighted by Gasteiger charge is 2.23. The zero-order chi connectivity index (χ0) is 15.6. The third-order valence-electron chi connectivity index (χ3n) is 2.59. The van der Waals surface area contributed by atoms with Crippen LogP contribution in [0.15, 0.2) is 35.3 Å². The van der Waals surface area contributed by atoms with Crippen LogP contribution >= 0.6 is 15.9 Å². The lowest BCUT2D eigenvalue weighted by Crippen LogP contribution is -2.34. The monoisotopic (exact) mass is 352 g/mol. The van der Waals surface area contributed by atoms with Gasteiger partial charge in [-0.25, -0.2) is 9.48 Å². The Bertz CT molecular complexity index is 634. The third kappa shape index (κ3) is 3.81. The van der Waals surface area contributed by atoms with Gasteiger partial charge in [-0.05, 0) is 48.8 Å². The summed E-state index contributed by atoms with van der Waals surface area (Å²) < 4.78 is 7.54. The molecule has 2 rings (SSSR count). The first kappa shape index (κ1) is 15.5. The number of carbonyl (C=O) groups excluding carboxylic acids is 1. The van der Waals surface area contributed by atoms with E-state index in [1.54, 1.807) is 30.3 Å². The highest BCUT2D eigenvalue weighted by atomic mass is 79.9. The zero-order valence-electron chi connectivity index (χ0n) is 12.4. The van der Waals surface area contributed by atoms with Crippen molar-refractivity contribution in [2.45, 2.75) is 26.4 Å². The number of ether oxygens (including phenoxy) is 1. The fourth-order valence-electron chi connectivity index (χ4n) is 1.62. The number of anilines is 1. The van der Waals surface area contributed by atoms with Gasteiger partial charge in [0.15, 0.2) is 4.60 Å². The molecule has 0 saturated carbocycles. The molecule has 0 radical (unpaired) electrons. The van der Waals surface area contributed by atoms with Crippen LogP contribution in [-0.4, -0.2) is 33.5 Å². The molecular weight excluding hydrogens is 336 g/mol. The van der Waals surface area contributed by atoms with Crippen molar-refractivity contribution in [1.29, 1.82) is 0 Å². The lowest BCUT2D eigenvalue weighted by molar-refractivity contribution is 0.0589. The minimum atomic E-state index is -0.544. The summed E-state index contributed by atoms with van der Waals surface area (Å²) in [5.41, 5.74) is 0.882. The maximum absolute atomic E-state index is 12.1. The number of carbonyl (C=O) groups is 1. The van der Waals surface area contributed by atoms with Crippen LogP contribution in [-0.2, 0) is 4.74 Å². The average Bonchev–Trinajstić information content (AvgIpc) is 2.79. The van der Waals surface area contributed by atoms with Crippen LogP contribution in [0.2, 0.25) is 0 Å². The van der Waals surface area contributed by atoms with Gasteiger partial charge in [-0.1, -0.05) is 0 Å². The first-order chi connectivity index (χ1) is 9.78. The molecular formula is C14H17BrN4O2. The summed E-state index contributed by atoms with van der Waals surface area (Å²) in [5, 5.41) is 4.32. The van der Waals surface area contributed by atoms with E-state index in [4.69, 9.17) is 4.74 Å². The quantitative estimate of drug-likeness (QED) is 0.830. The van der Waals surface area contributed by atoms with Gasteiger partial charge in [-0.15, -0.1) is 0 Å². The summed E-state index contributed by atoms with van der Waals surface area (Å²) in [4.78, 5) is 17.5. The predicted octanol–water partition coefficient (Wildman–Crippen LogP) is 3.40. The zero-order valence-corrected chi connectivity index (χ0v) is 14.0. The Morgan fingerprint density at radius 1 is 1.43 bits per heavy atom. The van der Waals surface area contributed by atoms with E-state index in [0.29, 0.717) is 10.3 Å². The van der Waals surface area contributed by atoms with E-state index in [1.807, 2.05) is 32.9 Å². The summed E-state index contributed by atoms with van der Waals surface area (Å²) in [6.45, 7) is 5.48. The Hall–Kier alpha value is -1.89. The standard InChI is InChI=1S/C14H17BrN4O2/c1-14(2,3)21-13(20)18(4)11-9-19(17-12(11)15)10-6-5-7-16-8-10/h5-9H,1-4H3. The van der Waals surface area contributed by atoms with Gasteiger partial charge in [0, 0.05) is 13.2 Å². The van der Waals surface area contributed by atoms with Crippen molar-refractivity contribution in [3.8, 4) is 5.69 Å². The fourth-order valence-corrected chi connectivity index (χ4v) is 2.16. The lowest BCUT2D eigenvalue weighted by atomic mass is 10.2. The predicted molar refractivity (Wildman–Crippen MR) is 83.7 cm³/mol. The molecule has 0 atom stereocenters. The molecule has 0 spiro atoms. The molecule has 1 amide bonds. The van der Waals surface area contributed by atoms with Crippen molar-refractivity contribution in [3.05, 3.63) is 35.3 Å². The van der Waals surface area contributed by atoms with Crippen LogP contribution in [0.1, 0.15) is 20.8 Å². The van der Waals surface area contributed by atoms with Gasteiger partial charge < -0.3 is 4.74 Å². The smallest absolute Gasteiger partial charge is 0.414 e. The van der Waals surface area contributed by atoms with Crippen molar-refractivity contribution in [2.75, 3.05) is 11.9 Å². The Kier molecular flexibility index (Phi) is 4.32. The lowest BCUT2D eigenvalue weighted by Gasteiger charge is -2.24. The normalized spacial score (nSPS) is 11.3. The van der Waals surface area contributed by atoms with E-state index in [9.17, 15) is 4.79 Å². The average molecular weight is 353 g/mol. The van der Waals surface area contributed by atoms with E-state index in [0.717, 1.165) is 5.69 Å². The van der Waals surface area contributed by atoms with Gasteiger partial charge in [0.05, 0.1) is 23.8 Å². The molecule has 7 heteroatoms. The topological polar surface area (TPSA) is 60.2 Å². The minimum absolute atomic E-state index is 0.436. The number of halogens is 1. The van der Waals surface area contributed by atoms with E-state index in [-0.39, 0.29) is 0 Å². The van der Waals surface area contributed by atoms with Crippen LogP contribution < -0.4 is 4.90 Å². The van der Waals surface area contributed by atoms with E-state index in [2.05, 4.69) is 26.0 Å². The molecule has 2 aromatic heterocycles. The molecule has 0 aliphatic carbocycles. The van der Waals surface area contributed by atoms with Crippen molar-refractivity contribution in [1.82, 2.24) is 14.8 Å². The number of hydrogen-bond acceptors (Lipinski definition) is 4. The summed E-state index contributed by atoms with van der Waals surface area (Å²) in [5.74, 6) is 0. The van der Waals surface area contributed by atoms with Gasteiger partial charge in [-0.3, -0.25) is 9.88 Å². The summed E-state index contributed by atoms with van der Waals surface area (Å²) in [6, 6.07) is 3.70. The summed E-state index contributed by atoms with van der Waals surface area (Å²) in [7, 11) is 1.64. The molecule has 112 valence electrons. The summed E-state index contributed by atoms with van der Waals surface area (Å²) in [6.07, 6.45) is 4.69. The minimum Gasteiger partial charge on any atom is -0.443 e. The van der Waals surface area contributed by atoms with Gasteiger partial charge in [0.1, 0.15) is 5.60 Å². The molecule has 0 N–H and O–H groups in total. The van der Waals surface area contributed by atoms with E-state index >= 15 is 0 Å². The molecule has 0 bridgehead atoms. The van der Waals surface area contributed by atoms with Crippen molar-refractivity contribution < 1.29 is 9.53 Å². The molecule has 6 nitrogen and oxygen atoms in total. The number of hydrogen-bond donors (Lipinski definition) is 0. The molecule has 0 unspecified atom stereocenters. The van der Waals surface area contributed by atoms with Gasteiger partial charge in [0.25, 0.3) is 0 Å². The molecule has 0 aliphatic heterocycles. The van der Waals surface area contributed by atoms with Gasteiger partial charge in [-0.2, -0.15) is 5.10 Å². The Labute approximate surface area is 131 Å². The molecule has 2 aromatic rings. The number of nitrogens with zero attached hydrogens (tertiary/aromatic N) is 4. The largest absolute Gasteiger partial charge is 0.443 e. The highest BCUT2D eigenvalue weighted by molar-refractivity contribution is 9.10. The maximum atomic E-state index is 12.1. The number of aromatic nitrogens is 3. The first-order valence-electron chi connectivity index (χ1n) is 6.40. The number of pyridine rings is 1. The van der Waals surface area contributed by atoms with Crippen LogP contribution in [0.3, 0.4) is 0 Å². The highest BCUT2D eigenvalue weighted by Crippen LogP contribution is 2.26. The second kappa shape index (κ2) is 5.85. The van der Waals surface area contributed by atoms with E-state index < -0.39 is 11.7 Å². The fraction of sp³-hybridized carbons (Fsp3) is 0.357. The summed E-state index contributed by atoms with van der Waals surface area (Å²) >= 11 is 3.36. The Balaban J connectivity index is 2.25. The first-order valence-corrected chi connectivity index (χ1v) is 7.19. The van der Waals surface area contributed by atoms with Crippen LogP contribution in [0.4, 0.5) is 10.5 Å². The van der Waals surface area contributed by atoms with Crippen molar-refractivity contribution >= 4 is 27.7 Å². The number of rotatable bonds is 2. The van der Waals surface area contributed by atoms with Crippen molar-refractivity contribution in [3.63, 3.8) is 0 Å². The van der Waals surface area contributed by atoms with Gasteiger partial charge >= 0.3 is 6.09 Å². The molecule has 0 aromatic carbocycles. The van der Waals surface area contributed by atoms with Crippen LogP contribution in [0.25, 0.3) is 5.69 Å². The Morgan fingerprint density at radius 3 is 2.71 bits per heavy atom. The van der Waals surface area contributed by atoms with Crippen LogP contribution in [0.5, 0.6) is 0 Å². The second-order valence-corrected chi connectivity index (χ2v) is 6.25. The third-order valence-corrected chi connectivity index (χ3v) is 3.16. The molecule has 0 aliphatic rings. The second-order valence-electron chi connectivity index (χ2n) is 5.50. The molecule has 0 fully saturated rings. The molecule has 2 heterocycles. The van der Waals surface area contributed by atoms with E-state index in [1.165, 1.54) is 4.90 Å². The van der Waals surface area contributed by atoms with Gasteiger partial charge in [0.2, 0.25) is 0 Å². The number of amides is 1. The molecule has 0 saturated heterocycles. The van der Waals surface area contributed by atoms with Crippen LogP contribution in [0, 0.1) is 0 Å². The van der Waals surface area contributed by atoms with Crippen molar-refractivity contribution in [2.24, 2.45) is 0 Å². The SMILES string of the molecule is CN(C(=O)OC(C)(C)C)c1cn(-c2cccnc2)nc1Br. The molecule has 21 heavy (non-hydrogen) atoms.